The molecule has 1 rings (SSSR count). The first-order valence-electron chi connectivity index (χ1n) is 5.12. The zero-order valence-electron chi connectivity index (χ0n) is 9.16. The summed E-state index contributed by atoms with van der Waals surface area (Å²) in [6.45, 7) is 7.75. The normalized spacial score (nSPS) is 23.8. The highest BCUT2D eigenvalue weighted by Gasteiger charge is 2.26. The molecule has 0 aromatic rings. The summed E-state index contributed by atoms with van der Waals surface area (Å²) in [5.74, 6) is 0. The number of piperidine rings is 1. The first-order chi connectivity index (χ1) is 6.38. The number of aliphatic hydroxyl groups is 1. The molecule has 3 nitrogen and oxygen atoms in total. The second-order valence-corrected chi connectivity index (χ2v) is 6.53. The van der Waals surface area contributed by atoms with Crippen LogP contribution < -0.4 is 0 Å². The van der Waals surface area contributed by atoms with Gasteiger partial charge >= 0.3 is 0 Å². The van der Waals surface area contributed by atoms with Gasteiger partial charge in [0.25, 0.3) is 0 Å². The van der Waals surface area contributed by atoms with E-state index in [1.165, 1.54) is 0 Å². The van der Waals surface area contributed by atoms with Crippen LogP contribution in [-0.2, 0) is 4.74 Å². The highest BCUT2D eigenvalue weighted by Crippen LogP contribution is 2.21. The molecule has 84 valence electrons. The Morgan fingerprint density at radius 2 is 1.86 bits per heavy atom. The molecular weight excluding hydrogens is 293 g/mol. The second-order valence-electron chi connectivity index (χ2n) is 4.77. The summed E-state index contributed by atoms with van der Waals surface area (Å²) < 4.78 is 6.25. The number of nitrogens with zero attached hydrogens (tertiary/aromatic N) is 1. The molecule has 14 heavy (non-hydrogen) atoms. The Labute approximate surface area is 99.9 Å². The summed E-state index contributed by atoms with van der Waals surface area (Å²) in [5, 5.41) is 9.80. The lowest BCUT2D eigenvalue weighted by atomic mass is 10.1. The van der Waals surface area contributed by atoms with Crippen molar-refractivity contribution in [3.05, 3.63) is 0 Å². The molecule has 0 aromatic heterocycles. The SMILES string of the molecule is CC(C)(C)OC(O)N1CCC(I)CC1. The minimum absolute atomic E-state index is 0.277. The van der Waals surface area contributed by atoms with Crippen molar-refractivity contribution in [2.75, 3.05) is 13.1 Å². The summed E-state index contributed by atoms with van der Waals surface area (Å²) >= 11 is 2.47. The van der Waals surface area contributed by atoms with E-state index in [2.05, 4.69) is 22.6 Å². The molecule has 0 aliphatic carbocycles. The molecule has 0 radical (unpaired) electrons. The molecule has 1 heterocycles. The van der Waals surface area contributed by atoms with Crippen LogP contribution in [-0.4, -0.2) is 39.0 Å². The molecule has 1 fully saturated rings. The Morgan fingerprint density at radius 1 is 1.36 bits per heavy atom. The van der Waals surface area contributed by atoms with Crippen LogP contribution in [0.3, 0.4) is 0 Å². The maximum atomic E-state index is 9.80. The highest BCUT2D eigenvalue weighted by molar-refractivity contribution is 14.1. The van der Waals surface area contributed by atoms with Gasteiger partial charge in [-0.05, 0) is 33.6 Å². The van der Waals surface area contributed by atoms with Gasteiger partial charge in [0.2, 0.25) is 6.41 Å². The van der Waals surface area contributed by atoms with Gasteiger partial charge in [0.05, 0.1) is 5.60 Å². The number of likely N-dealkylation sites (tertiary alicyclic amines) is 1. The smallest absolute Gasteiger partial charge is 0.216 e. The minimum Gasteiger partial charge on any atom is -0.356 e. The van der Waals surface area contributed by atoms with Crippen LogP contribution in [0.5, 0.6) is 0 Å². The number of aliphatic hydroxyl groups excluding tert-OH is 1. The van der Waals surface area contributed by atoms with E-state index in [0.717, 1.165) is 29.9 Å². The van der Waals surface area contributed by atoms with Crippen molar-refractivity contribution in [1.82, 2.24) is 4.90 Å². The molecule has 0 saturated carbocycles. The fourth-order valence-electron chi connectivity index (χ4n) is 1.48. The number of halogens is 1. The van der Waals surface area contributed by atoms with Gasteiger partial charge in [0.1, 0.15) is 0 Å². The van der Waals surface area contributed by atoms with E-state index in [9.17, 15) is 5.11 Å². The predicted molar refractivity (Wildman–Crippen MR) is 65.5 cm³/mol. The average Bonchev–Trinajstić information content (AvgIpc) is 2.02. The number of hydrogen-bond acceptors (Lipinski definition) is 3. The first-order valence-corrected chi connectivity index (χ1v) is 6.37. The van der Waals surface area contributed by atoms with Crippen molar-refractivity contribution in [3.8, 4) is 0 Å². The Morgan fingerprint density at radius 3 is 2.29 bits per heavy atom. The van der Waals surface area contributed by atoms with E-state index in [1.54, 1.807) is 0 Å². The fourth-order valence-corrected chi connectivity index (χ4v) is 2.04. The molecular formula is C10H20INO2. The lowest BCUT2D eigenvalue weighted by molar-refractivity contribution is -0.241. The first kappa shape index (κ1) is 12.7. The second kappa shape index (κ2) is 5.09. The quantitative estimate of drug-likeness (QED) is 0.481. The van der Waals surface area contributed by atoms with Crippen LogP contribution in [0.2, 0.25) is 0 Å². The van der Waals surface area contributed by atoms with Crippen LogP contribution in [0.1, 0.15) is 33.6 Å². The van der Waals surface area contributed by atoms with Crippen molar-refractivity contribution in [1.29, 1.82) is 0 Å². The van der Waals surface area contributed by atoms with E-state index in [0.29, 0.717) is 0 Å². The summed E-state index contributed by atoms with van der Waals surface area (Å²) in [6.07, 6.45) is 1.55. The largest absolute Gasteiger partial charge is 0.356 e. The van der Waals surface area contributed by atoms with E-state index in [1.807, 2.05) is 25.7 Å². The summed E-state index contributed by atoms with van der Waals surface area (Å²) in [6, 6.07) is 0. The van der Waals surface area contributed by atoms with Crippen molar-refractivity contribution in [3.63, 3.8) is 0 Å². The molecule has 1 aliphatic rings. The third-order valence-electron chi connectivity index (χ3n) is 2.23. The molecule has 1 unspecified atom stereocenters. The third-order valence-corrected chi connectivity index (χ3v) is 3.48. The summed E-state index contributed by atoms with van der Waals surface area (Å²) in [5.41, 5.74) is -0.277. The van der Waals surface area contributed by atoms with Gasteiger partial charge in [-0.2, -0.15) is 0 Å². The fraction of sp³-hybridized carbons (Fsp3) is 1.00. The Bertz CT molecular complexity index is 173. The zero-order chi connectivity index (χ0) is 10.8. The van der Waals surface area contributed by atoms with Gasteiger partial charge < -0.3 is 9.84 Å². The molecule has 0 aromatic carbocycles. The van der Waals surface area contributed by atoms with E-state index in [4.69, 9.17) is 4.74 Å². The van der Waals surface area contributed by atoms with Gasteiger partial charge in [-0.15, -0.1) is 0 Å². The standard InChI is InChI=1S/C10H20INO2/c1-10(2,3)14-9(13)12-6-4-8(11)5-7-12/h8-9,13H,4-7H2,1-3H3. The number of hydrogen-bond donors (Lipinski definition) is 1. The van der Waals surface area contributed by atoms with Crippen molar-refractivity contribution in [2.24, 2.45) is 0 Å². The van der Waals surface area contributed by atoms with Gasteiger partial charge in [0, 0.05) is 17.0 Å². The lowest BCUT2D eigenvalue weighted by Gasteiger charge is -2.35. The van der Waals surface area contributed by atoms with E-state index < -0.39 is 6.41 Å². The highest BCUT2D eigenvalue weighted by atomic mass is 127. The van der Waals surface area contributed by atoms with Crippen LogP contribution in [0.15, 0.2) is 0 Å². The number of rotatable bonds is 2. The number of ether oxygens (including phenoxy) is 1. The topological polar surface area (TPSA) is 32.7 Å². The molecule has 4 heteroatoms. The third kappa shape index (κ3) is 4.42. The molecule has 1 atom stereocenters. The van der Waals surface area contributed by atoms with Gasteiger partial charge in [0.15, 0.2) is 0 Å². The number of alkyl halides is 1. The summed E-state index contributed by atoms with van der Waals surface area (Å²) in [7, 11) is 0. The molecule has 1 N–H and O–H groups in total. The Hall–Kier alpha value is 0.610. The summed E-state index contributed by atoms with van der Waals surface area (Å²) in [4.78, 5) is 2.00. The molecule has 0 bridgehead atoms. The molecule has 1 aliphatic heterocycles. The molecule has 0 spiro atoms. The predicted octanol–water partition coefficient (Wildman–Crippen LogP) is 1.98. The van der Waals surface area contributed by atoms with Crippen molar-refractivity contribution < 1.29 is 9.84 Å². The van der Waals surface area contributed by atoms with Crippen LogP contribution in [0.4, 0.5) is 0 Å². The van der Waals surface area contributed by atoms with Crippen LogP contribution in [0, 0.1) is 0 Å². The average molecular weight is 313 g/mol. The molecule has 0 amide bonds. The van der Waals surface area contributed by atoms with Gasteiger partial charge in [-0.1, -0.05) is 22.6 Å². The van der Waals surface area contributed by atoms with Gasteiger partial charge in [-0.3, -0.25) is 4.90 Å². The van der Waals surface area contributed by atoms with E-state index >= 15 is 0 Å². The van der Waals surface area contributed by atoms with Crippen molar-refractivity contribution in [2.45, 2.75) is 49.6 Å². The lowest BCUT2D eigenvalue weighted by Crippen LogP contribution is -2.45. The Balaban J connectivity index is 2.34. The monoisotopic (exact) mass is 313 g/mol. The van der Waals surface area contributed by atoms with Crippen LogP contribution in [0.25, 0.3) is 0 Å². The van der Waals surface area contributed by atoms with E-state index in [-0.39, 0.29) is 5.60 Å². The Kier molecular flexibility index (Phi) is 4.61. The van der Waals surface area contributed by atoms with Gasteiger partial charge in [-0.25, -0.2) is 0 Å². The minimum atomic E-state index is -0.737. The van der Waals surface area contributed by atoms with Crippen LogP contribution >= 0.6 is 22.6 Å². The zero-order valence-corrected chi connectivity index (χ0v) is 11.3. The maximum absolute atomic E-state index is 9.80. The van der Waals surface area contributed by atoms with Crippen molar-refractivity contribution >= 4 is 22.6 Å². The maximum Gasteiger partial charge on any atom is 0.216 e. The molecule has 1 saturated heterocycles.